The van der Waals surface area contributed by atoms with Gasteiger partial charge in [0.05, 0.1) is 18.2 Å². The van der Waals surface area contributed by atoms with E-state index in [0.717, 1.165) is 49.2 Å². The number of amides is 1. The van der Waals surface area contributed by atoms with Gasteiger partial charge < -0.3 is 35.3 Å². The summed E-state index contributed by atoms with van der Waals surface area (Å²) in [6, 6.07) is 40.5. The smallest absolute Gasteiger partial charge is 0.347 e. The highest BCUT2D eigenvalue weighted by atomic mass is 16.5. The van der Waals surface area contributed by atoms with Gasteiger partial charge in [0.2, 0.25) is 11.2 Å². The lowest BCUT2D eigenvalue weighted by Gasteiger charge is -2.33. The highest BCUT2D eigenvalue weighted by Crippen LogP contribution is 2.35. The summed E-state index contributed by atoms with van der Waals surface area (Å²) in [6.45, 7) is 4.82. The number of phenolic OH excluding ortho intramolecular Hbond substituents is 1. The van der Waals surface area contributed by atoms with Gasteiger partial charge in [-0.3, -0.25) is 14.5 Å². The van der Waals surface area contributed by atoms with Gasteiger partial charge in [-0.15, -0.1) is 0 Å². The quantitative estimate of drug-likeness (QED) is 0.0560. The van der Waals surface area contributed by atoms with Crippen LogP contribution in [-0.2, 0) is 28.1 Å². The fraction of sp³-hybridized carbons (Fsp3) is 0.288. The lowest BCUT2D eigenvalue weighted by atomic mass is 9.84. The second-order valence-electron chi connectivity index (χ2n) is 16.6. The van der Waals surface area contributed by atoms with Gasteiger partial charge >= 0.3 is 5.97 Å². The monoisotopic (exact) mass is 846 g/mol. The van der Waals surface area contributed by atoms with Crippen LogP contribution in [0.4, 0.5) is 0 Å². The zero-order valence-corrected chi connectivity index (χ0v) is 35.3. The molecule has 0 saturated carbocycles. The van der Waals surface area contributed by atoms with Crippen LogP contribution >= 0.6 is 0 Å². The Labute approximate surface area is 367 Å². The molecule has 11 nitrogen and oxygen atoms in total. The van der Waals surface area contributed by atoms with Crippen molar-refractivity contribution in [3.8, 4) is 5.75 Å². The molecular weight excluding hydrogens is 793 g/mol. The largest absolute Gasteiger partial charge is 0.506 e. The van der Waals surface area contributed by atoms with Gasteiger partial charge in [0.1, 0.15) is 5.75 Å². The Morgan fingerprint density at radius 2 is 1.56 bits per heavy atom. The average Bonchev–Trinajstić information content (AvgIpc) is 3.33. The maximum Gasteiger partial charge on any atom is 0.347 e. The average molecular weight is 847 g/mol. The molecule has 324 valence electrons. The van der Waals surface area contributed by atoms with E-state index in [0.29, 0.717) is 65.6 Å². The Hall–Kier alpha value is -6.37. The lowest BCUT2D eigenvalue weighted by molar-refractivity contribution is -0.164. The molecule has 2 aliphatic rings. The maximum atomic E-state index is 14.0. The summed E-state index contributed by atoms with van der Waals surface area (Å²) in [6.07, 6.45) is 4.32. The molecule has 0 spiro atoms. The Bertz CT molecular complexity index is 2610. The number of hydrogen-bond acceptors (Lipinski definition) is 9. The third-order valence-corrected chi connectivity index (χ3v) is 12.4. The molecule has 8 rings (SSSR count). The summed E-state index contributed by atoms with van der Waals surface area (Å²) >= 11 is 0. The normalized spacial score (nSPS) is 16.3. The molecule has 2 aliphatic heterocycles. The number of aliphatic hydroxyl groups is 2. The molecule has 0 aliphatic carbocycles. The van der Waals surface area contributed by atoms with Crippen molar-refractivity contribution in [3.05, 3.63) is 189 Å². The molecule has 6 aromatic rings. The molecule has 2 unspecified atom stereocenters. The summed E-state index contributed by atoms with van der Waals surface area (Å²) in [5, 5.41) is 37.2. The van der Waals surface area contributed by atoms with Crippen LogP contribution in [0.25, 0.3) is 16.5 Å². The third kappa shape index (κ3) is 10.1. The van der Waals surface area contributed by atoms with Crippen LogP contribution in [0.15, 0.2) is 144 Å². The number of ether oxygens (including phenoxy) is 1. The topological polar surface area (TPSA) is 155 Å². The summed E-state index contributed by atoms with van der Waals surface area (Å²) in [5.74, 6) is -0.580. The van der Waals surface area contributed by atoms with Crippen molar-refractivity contribution < 1.29 is 29.6 Å². The highest BCUT2D eigenvalue weighted by Gasteiger charge is 2.42. The minimum Gasteiger partial charge on any atom is -0.506 e. The number of hydrogen-bond donors (Lipinski definition) is 5. The molecule has 0 bridgehead atoms. The predicted molar refractivity (Wildman–Crippen MR) is 244 cm³/mol. The van der Waals surface area contributed by atoms with Gasteiger partial charge in [-0.2, -0.15) is 0 Å². The third-order valence-electron chi connectivity index (χ3n) is 12.4. The number of aromatic nitrogens is 1. The first-order valence-electron chi connectivity index (χ1n) is 21.8. The zero-order valence-electron chi connectivity index (χ0n) is 35.3. The number of likely N-dealkylation sites (tertiary alicyclic amines) is 1. The number of pyridine rings is 1. The number of esters is 1. The predicted octanol–water partition coefficient (Wildman–Crippen LogP) is 6.72. The van der Waals surface area contributed by atoms with Crippen molar-refractivity contribution in [2.45, 2.75) is 43.9 Å². The van der Waals surface area contributed by atoms with Crippen molar-refractivity contribution in [2.24, 2.45) is 5.92 Å². The molecular formula is C52H54N4O7. The van der Waals surface area contributed by atoms with Crippen molar-refractivity contribution in [1.29, 1.82) is 0 Å². The Balaban J connectivity index is 0.846. The van der Waals surface area contributed by atoms with E-state index >= 15 is 0 Å². The van der Waals surface area contributed by atoms with E-state index in [9.17, 15) is 29.7 Å². The van der Waals surface area contributed by atoms with Crippen molar-refractivity contribution in [2.75, 3.05) is 45.9 Å². The second-order valence-corrected chi connectivity index (χ2v) is 16.6. The summed E-state index contributed by atoms with van der Waals surface area (Å²) < 4.78 is 5.96. The van der Waals surface area contributed by atoms with Gasteiger partial charge in [-0.05, 0) is 115 Å². The number of piperidine rings is 1. The van der Waals surface area contributed by atoms with Crippen LogP contribution in [0.2, 0.25) is 0 Å². The van der Waals surface area contributed by atoms with Crippen LogP contribution in [0, 0.1) is 5.92 Å². The number of fused-ring (bicyclic) bond motifs is 1. The molecule has 5 N–H and O–H groups in total. The Kier molecular flexibility index (Phi) is 13.6. The molecule has 1 amide bonds. The number of nitrogens with one attached hydrogen (secondary N) is 2. The van der Waals surface area contributed by atoms with Crippen LogP contribution in [0.5, 0.6) is 5.75 Å². The van der Waals surface area contributed by atoms with E-state index in [-0.39, 0.29) is 36.3 Å². The maximum absolute atomic E-state index is 14.0. The first kappa shape index (κ1) is 43.3. The molecule has 2 atom stereocenters. The fourth-order valence-electron chi connectivity index (χ4n) is 8.72. The van der Waals surface area contributed by atoms with E-state index in [1.165, 1.54) is 17.7 Å². The molecule has 1 fully saturated rings. The number of carbonyl (C=O) groups excluding carboxylic acids is 2. The number of aromatic hydroxyl groups is 1. The van der Waals surface area contributed by atoms with Crippen molar-refractivity contribution in [1.82, 2.24) is 20.1 Å². The molecule has 11 heteroatoms. The van der Waals surface area contributed by atoms with Gasteiger partial charge in [-0.1, -0.05) is 103 Å². The van der Waals surface area contributed by atoms with Crippen LogP contribution < -0.4 is 10.9 Å². The molecule has 0 radical (unpaired) electrons. The van der Waals surface area contributed by atoms with E-state index in [1.54, 1.807) is 30.3 Å². The standard InChI is InChI=1S/C52H54N4O7/c57-46-20-18-44(45-19-21-48(59)54-49(45)46)47(58)33-53-27-22-36-14-16-40(17-15-36)50(60)56-30-25-39(26-31-56)41-10-7-13-43(32-41)52(62,42-11-5-2-6-12-42)51(61)63-35-38-23-28-55(29-24-38)34-37-8-3-1-4-9-37/h1-21,25,32,38,47,53,57-58,62H,22-24,26-31,33-35H2,(H,54,59). The number of aliphatic hydroxyl groups excluding tert-OH is 1. The number of rotatable bonds is 15. The number of benzene rings is 5. The molecule has 1 aromatic heterocycles. The van der Waals surface area contributed by atoms with Gasteiger partial charge in [0, 0.05) is 48.8 Å². The summed E-state index contributed by atoms with van der Waals surface area (Å²) in [7, 11) is 0. The fourth-order valence-corrected chi connectivity index (χ4v) is 8.72. The number of carbonyl (C=O) groups is 2. The first-order valence-corrected chi connectivity index (χ1v) is 21.8. The molecule has 5 aromatic carbocycles. The molecule has 3 heterocycles. The van der Waals surface area contributed by atoms with Gasteiger partial charge in [0.25, 0.3) is 5.91 Å². The van der Waals surface area contributed by atoms with Crippen LogP contribution in [-0.4, -0.2) is 87.9 Å². The van der Waals surface area contributed by atoms with Gasteiger partial charge in [-0.25, -0.2) is 4.79 Å². The van der Waals surface area contributed by atoms with E-state index in [4.69, 9.17) is 4.74 Å². The molecule has 63 heavy (non-hydrogen) atoms. The summed E-state index contributed by atoms with van der Waals surface area (Å²) in [5.41, 5.74) is 4.29. The minimum absolute atomic E-state index is 0.0522. The second kappa shape index (κ2) is 19.8. The lowest BCUT2D eigenvalue weighted by Crippen LogP contribution is -2.40. The minimum atomic E-state index is -2.00. The van der Waals surface area contributed by atoms with E-state index in [2.05, 4.69) is 39.5 Å². The number of phenols is 1. The first-order chi connectivity index (χ1) is 30.7. The number of nitrogens with zero attached hydrogens (tertiary/aromatic N) is 2. The van der Waals surface area contributed by atoms with E-state index in [1.807, 2.05) is 77.7 Å². The highest BCUT2D eigenvalue weighted by molar-refractivity contribution is 5.95. The van der Waals surface area contributed by atoms with E-state index < -0.39 is 17.7 Å². The number of aromatic amines is 1. The Morgan fingerprint density at radius 3 is 2.29 bits per heavy atom. The van der Waals surface area contributed by atoms with Crippen molar-refractivity contribution >= 4 is 28.4 Å². The Morgan fingerprint density at radius 1 is 0.825 bits per heavy atom. The van der Waals surface area contributed by atoms with Crippen LogP contribution in [0.3, 0.4) is 0 Å². The summed E-state index contributed by atoms with van der Waals surface area (Å²) in [4.78, 5) is 46.2. The zero-order chi connectivity index (χ0) is 43.8. The number of H-pyrrole nitrogens is 1. The SMILES string of the molecule is O=C(c1ccc(CCNCC(O)c2ccc(O)c3[nH]c(=O)ccc23)cc1)N1CC=C(c2cccc(C(O)(C(=O)OCC3CCN(Cc4ccccc4)CC3)c3ccccc3)c2)CC1. The van der Waals surface area contributed by atoms with Crippen LogP contribution in [0.1, 0.15) is 69.1 Å². The van der Waals surface area contributed by atoms with Gasteiger partial charge in [0.15, 0.2) is 0 Å². The molecule has 1 saturated heterocycles. The van der Waals surface area contributed by atoms with Crippen molar-refractivity contribution in [3.63, 3.8) is 0 Å².